The predicted octanol–water partition coefficient (Wildman–Crippen LogP) is 4.20. The monoisotopic (exact) mass is 410 g/mol. The fourth-order valence-electron chi connectivity index (χ4n) is 2.69. The zero-order valence-electron chi connectivity index (χ0n) is 17.1. The second-order valence-corrected chi connectivity index (χ2v) is 8.04. The lowest BCUT2D eigenvalue weighted by atomic mass is 10.1. The molecular weight excluding hydrogens is 384 g/mol. The third-order valence-electron chi connectivity index (χ3n) is 4.72. The number of methoxy groups -OCH3 is 1. The SMILES string of the molecule is COc1ccc(-c2nnc(SCC(=O)NC(C)C(C)C)n2-c2ccccc2)cc1. The van der Waals surface area contributed by atoms with Gasteiger partial charge in [-0.3, -0.25) is 9.36 Å². The van der Waals surface area contributed by atoms with Crippen molar-refractivity contribution in [3.8, 4) is 22.8 Å². The average molecular weight is 411 g/mol. The van der Waals surface area contributed by atoms with Crippen LogP contribution in [0.4, 0.5) is 0 Å². The highest BCUT2D eigenvalue weighted by molar-refractivity contribution is 7.99. The summed E-state index contributed by atoms with van der Waals surface area (Å²) in [6.07, 6.45) is 0. The molecule has 0 bridgehead atoms. The Kier molecular flexibility index (Phi) is 6.93. The molecule has 29 heavy (non-hydrogen) atoms. The number of benzene rings is 2. The Hall–Kier alpha value is -2.80. The van der Waals surface area contributed by atoms with Crippen LogP contribution in [0.15, 0.2) is 59.8 Å². The van der Waals surface area contributed by atoms with E-state index in [0.717, 1.165) is 22.8 Å². The summed E-state index contributed by atoms with van der Waals surface area (Å²) in [6, 6.07) is 17.7. The maximum atomic E-state index is 12.3. The summed E-state index contributed by atoms with van der Waals surface area (Å²) < 4.78 is 7.22. The first-order valence-electron chi connectivity index (χ1n) is 9.57. The summed E-state index contributed by atoms with van der Waals surface area (Å²) in [5, 5.41) is 12.5. The van der Waals surface area contributed by atoms with E-state index in [1.807, 2.05) is 66.1 Å². The first-order valence-corrected chi connectivity index (χ1v) is 10.6. The summed E-state index contributed by atoms with van der Waals surface area (Å²) in [5.74, 6) is 2.16. The van der Waals surface area contributed by atoms with E-state index in [1.165, 1.54) is 11.8 Å². The standard InChI is InChI=1S/C22H26N4O2S/c1-15(2)16(3)23-20(27)14-29-22-25-24-21(17-10-12-19(28-4)13-11-17)26(22)18-8-6-5-7-9-18/h5-13,15-16H,14H2,1-4H3,(H,23,27). The molecular formula is C22H26N4O2S. The molecule has 1 amide bonds. The van der Waals surface area contributed by atoms with Gasteiger partial charge in [0, 0.05) is 17.3 Å². The van der Waals surface area contributed by atoms with Gasteiger partial charge in [-0.25, -0.2) is 0 Å². The Morgan fingerprint density at radius 2 is 1.76 bits per heavy atom. The fraction of sp³-hybridized carbons (Fsp3) is 0.318. The van der Waals surface area contributed by atoms with Crippen molar-refractivity contribution in [3.63, 3.8) is 0 Å². The number of thioether (sulfide) groups is 1. The van der Waals surface area contributed by atoms with Crippen LogP contribution in [0.25, 0.3) is 17.1 Å². The van der Waals surface area contributed by atoms with E-state index in [2.05, 4.69) is 29.4 Å². The zero-order chi connectivity index (χ0) is 20.8. The summed E-state index contributed by atoms with van der Waals surface area (Å²) in [4.78, 5) is 12.3. The van der Waals surface area contributed by atoms with E-state index in [0.29, 0.717) is 11.1 Å². The van der Waals surface area contributed by atoms with Gasteiger partial charge < -0.3 is 10.1 Å². The highest BCUT2D eigenvalue weighted by Gasteiger charge is 2.18. The average Bonchev–Trinajstić information content (AvgIpc) is 3.16. The third kappa shape index (κ3) is 5.17. The number of para-hydroxylation sites is 1. The number of ether oxygens (including phenoxy) is 1. The molecule has 6 nitrogen and oxygen atoms in total. The molecule has 0 saturated heterocycles. The number of nitrogens with one attached hydrogen (secondary N) is 1. The molecule has 1 unspecified atom stereocenters. The van der Waals surface area contributed by atoms with Crippen molar-refractivity contribution in [1.29, 1.82) is 0 Å². The molecule has 3 aromatic rings. The van der Waals surface area contributed by atoms with Crippen molar-refractivity contribution in [2.24, 2.45) is 5.92 Å². The normalized spacial score (nSPS) is 12.0. The quantitative estimate of drug-likeness (QED) is 0.564. The molecule has 1 atom stereocenters. The Bertz CT molecular complexity index is 939. The molecule has 0 aliphatic rings. The van der Waals surface area contributed by atoms with E-state index in [9.17, 15) is 4.79 Å². The van der Waals surface area contributed by atoms with Gasteiger partial charge in [-0.05, 0) is 49.2 Å². The lowest BCUT2D eigenvalue weighted by Crippen LogP contribution is -2.37. The van der Waals surface area contributed by atoms with Crippen LogP contribution in [0.3, 0.4) is 0 Å². The summed E-state index contributed by atoms with van der Waals surface area (Å²) in [6.45, 7) is 6.19. The van der Waals surface area contributed by atoms with Gasteiger partial charge in [0.1, 0.15) is 5.75 Å². The number of aromatic nitrogens is 3. The first-order chi connectivity index (χ1) is 14.0. The topological polar surface area (TPSA) is 69.0 Å². The minimum Gasteiger partial charge on any atom is -0.497 e. The van der Waals surface area contributed by atoms with Crippen LogP contribution in [0.2, 0.25) is 0 Å². The molecule has 0 saturated carbocycles. The Morgan fingerprint density at radius 1 is 1.07 bits per heavy atom. The molecule has 0 aliphatic carbocycles. The molecule has 7 heteroatoms. The van der Waals surface area contributed by atoms with Crippen molar-refractivity contribution < 1.29 is 9.53 Å². The largest absolute Gasteiger partial charge is 0.497 e. The van der Waals surface area contributed by atoms with Gasteiger partial charge in [-0.2, -0.15) is 0 Å². The highest BCUT2D eigenvalue weighted by atomic mass is 32.2. The van der Waals surface area contributed by atoms with Gasteiger partial charge in [0.15, 0.2) is 11.0 Å². The van der Waals surface area contributed by atoms with Crippen LogP contribution in [0.5, 0.6) is 5.75 Å². The number of nitrogens with zero attached hydrogens (tertiary/aromatic N) is 3. The van der Waals surface area contributed by atoms with Crippen LogP contribution in [-0.2, 0) is 4.79 Å². The van der Waals surface area contributed by atoms with Crippen molar-refractivity contribution in [1.82, 2.24) is 20.1 Å². The number of rotatable bonds is 8. The maximum absolute atomic E-state index is 12.3. The van der Waals surface area contributed by atoms with E-state index < -0.39 is 0 Å². The molecule has 0 aliphatic heterocycles. The molecule has 2 aromatic carbocycles. The van der Waals surface area contributed by atoms with Crippen molar-refractivity contribution in [3.05, 3.63) is 54.6 Å². The van der Waals surface area contributed by atoms with Crippen molar-refractivity contribution >= 4 is 17.7 Å². The minimum absolute atomic E-state index is 0.00944. The summed E-state index contributed by atoms with van der Waals surface area (Å²) >= 11 is 1.38. The second kappa shape index (κ2) is 9.60. The van der Waals surface area contributed by atoms with Gasteiger partial charge in [0.05, 0.1) is 12.9 Å². The van der Waals surface area contributed by atoms with E-state index >= 15 is 0 Å². The molecule has 152 valence electrons. The Labute approximate surface area is 175 Å². The molecule has 1 aromatic heterocycles. The second-order valence-electron chi connectivity index (χ2n) is 7.09. The van der Waals surface area contributed by atoms with Crippen LogP contribution < -0.4 is 10.1 Å². The van der Waals surface area contributed by atoms with E-state index in [4.69, 9.17) is 4.74 Å². The van der Waals surface area contributed by atoms with E-state index in [-0.39, 0.29) is 17.7 Å². The molecule has 0 spiro atoms. The molecule has 0 fully saturated rings. The molecule has 3 rings (SSSR count). The zero-order valence-corrected chi connectivity index (χ0v) is 17.9. The van der Waals surface area contributed by atoms with Crippen molar-refractivity contribution in [2.75, 3.05) is 12.9 Å². The predicted molar refractivity (Wildman–Crippen MR) is 117 cm³/mol. The number of hydrogen-bond acceptors (Lipinski definition) is 5. The third-order valence-corrected chi connectivity index (χ3v) is 5.65. The van der Waals surface area contributed by atoms with Crippen LogP contribution >= 0.6 is 11.8 Å². The fourth-order valence-corrected chi connectivity index (χ4v) is 3.46. The minimum atomic E-state index is -0.00944. The number of carbonyl (C=O) groups excluding carboxylic acids is 1. The first kappa shape index (κ1) is 20.9. The van der Waals surface area contributed by atoms with Crippen LogP contribution in [-0.4, -0.2) is 39.6 Å². The van der Waals surface area contributed by atoms with Crippen LogP contribution in [0.1, 0.15) is 20.8 Å². The summed E-state index contributed by atoms with van der Waals surface area (Å²) in [7, 11) is 1.64. The van der Waals surface area contributed by atoms with Gasteiger partial charge in [-0.1, -0.05) is 43.8 Å². The molecule has 1 N–H and O–H groups in total. The molecule has 0 radical (unpaired) electrons. The molecule has 1 heterocycles. The summed E-state index contributed by atoms with van der Waals surface area (Å²) in [5.41, 5.74) is 1.87. The Morgan fingerprint density at radius 3 is 2.38 bits per heavy atom. The van der Waals surface area contributed by atoms with Crippen LogP contribution in [0, 0.1) is 5.92 Å². The highest BCUT2D eigenvalue weighted by Crippen LogP contribution is 2.28. The van der Waals surface area contributed by atoms with Gasteiger partial charge in [0.2, 0.25) is 5.91 Å². The van der Waals surface area contributed by atoms with Gasteiger partial charge in [-0.15, -0.1) is 10.2 Å². The van der Waals surface area contributed by atoms with Gasteiger partial charge in [0.25, 0.3) is 0 Å². The van der Waals surface area contributed by atoms with Crippen molar-refractivity contribution in [2.45, 2.75) is 32.0 Å². The van der Waals surface area contributed by atoms with E-state index in [1.54, 1.807) is 7.11 Å². The Balaban J connectivity index is 1.87. The lowest BCUT2D eigenvalue weighted by molar-refractivity contribution is -0.119. The van der Waals surface area contributed by atoms with Gasteiger partial charge >= 0.3 is 0 Å². The number of amides is 1. The number of hydrogen-bond donors (Lipinski definition) is 1. The number of carbonyl (C=O) groups is 1. The smallest absolute Gasteiger partial charge is 0.230 e. The lowest BCUT2D eigenvalue weighted by Gasteiger charge is -2.17. The maximum Gasteiger partial charge on any atom is 0.230 e.